The van der Waals surface area contributed by atoms with Crippen LogP contribution in [0.1, 0.15) is 12.5 Å². The third-order valence-corrected chi connectivity index (χ3v) is 1.40. The van der Waals surface area contributed by atoms with Crippen molar-refractivity contribution in [2.24, 2.45) is 4.99 Å². The second-order valence-corrected chi connectivity index (χ2v) is 2.43. The molecule has 0 saturated heterocycles. The van der Waals surface area contributed by atoms with Gasteiger partial charge in [-0.1, -0.05) is 11.6 Å². The second-order valence-electron chi connectivity index (χ2n) is 2.04. The summed E-state index contributed by atoms with van der Waals surface area (Å²) in [6, 6.07) is 3.63. The highest BCUT2D eigenvalue weighted by Gasteiger charge is 1.87. The molecule has 0 unspecified atom stereocenters. The first-order valence-electron chi connectivity index (χ1n) is 3.44. The zero-order valence-electron chi connectivity index (χ0n) is 6.29. The van der Waals surface area contributed by atoms with Crippen molar-refractivity contribution in [1.82, 2.24) is 4.98 Å². The number of nitrogens with zero attached hydrogens (tertiary/aromatic N) is 2. The molecule has 0 bridgehead atoms. The van der Waals surface area contributed by atoms with E-state index in [1.807, 2.05) is 13.0 Å². The number of halogens is 1. The van der Waals surface area contributed by atoms with Crippen LogP contribution in [-0.2, 0) is 0 Å². The van der Waals surface area contributed by atoms with E-state index in [9.17, 15) is 0 Å². The summed E-state index contributed by atoms with van der Waals surface area (Å²) in [5, 5.41) is 0.513. The van der Waals surface area contributed by atoms with Crippen LogP contribution in [0.25, 0.3) is 0 Å². The SMILES string of the molecule is CCN=Cc1ccc(Cl)nc1. The molecule has 0 saturated carbocycles. The maximum atomic E-state index is 5.59. The van der Waals surface area contributed by atoms with Crippen LogP contribution in [0, 0.1) is 0 Å². The fourth-order valence-electron chi connectivity index (χ4n) is 0.660. The first-order valence-corrected chi connectivity index (χ1v) is 3.82. The highest BCUT2D eigenvalue weighted by molar-refractivity contribution is 6.29. The van der Waals surface area contributed by atoms with E-state index in [1.54, 1.807) is 18.5 Å². The average Bonchev–Trinajstić information content (AvgIpc) is 2.04. The standard InChI is InChI=1S/C8H9ClN2/c1-2-10-5-7-3-4-8(9)11-6-7/h3-6H,2H2,1H3. The van der Waals surface area contributed by atoms with E-state index >= 15 is 0 Å². The normalized spacial score (nSPS) is 10.7. The van der Waals surface area contributed by atoms with Gasteiger partial charge < -0.3 is 0 Å². The predicted octanol–water partition coefficient (Wildman–Crippen LogP) is 2.17. The zero-order chi connectivity index (χ0) is 8.10. The van der Waals surface area contributed by atoms with E-state index in [0.29, 0.717) is 5.15 Å². The molecule has 0 radical (unpaired) electrons. The molecule has 0 aliphatic rings. The molecule has 0 spiro atoms. The fraction of sp³-hybridized carbons (Fsp3) is 0.250. The Bertz CT molecular complexity index is 241. The summed E-state index contributed by atoms with van der Waals surface area (Å²) < 4.78 is 0. The van der Waals surface area contributed by atoms with Gasteiger partial charge in [-0.25, -0.2) is 4.98 Å². The van der Waals surface area contributed by atoms with Crippen molar-refractivity contribution in [1.29, 1.82) is 0 Å². The van der Waals surface area contributed by atoms with Crippen molar-refractivity contribution in [3.63, 3.8) is 0 Å². The largest absolute Gasteiger partial charge is 0.293 e. The summed E-state index contributed by atoms with van der Waals surface area (Å²) in [5.74, 6) is 0. The smallest absolute Gasteiger partial charge is 0.129 e. The number of hydrogen-bond acceptors (Lipinski definition) is 2. The van der Waals surface area contributed by atoms with Gasteiger partial charge in [0.2, 0.25) is 0 Å². The Labute approximate surface area is 70.9 Å². The fourth-order valence-corrected chi connectivity index (χ4v) is 0.772. The molecule has 3 heteroatoms. The summed E-state index contributed by atoms with van der Waals surface area (Å²) in [7, 11) is 0. The topological polar surface area (TPSA) is 25.2 Å². The summed E-state index contributed by atoms with van der Waals surface area (Å²) in [6.45, 7) is 2.78. The van der Waals surface area contributed by atoms with Crippen LogP contribution in [0.2, 0.25) is 5.15 Å². The van der Waals surface area contributed by atoms with Crippen molar-refractivity contribution < 1.29 is 0 Å². The van der Waals surface area contributed by atoms with Gasteiger partial charge in [-0.2, -0.15) is 0 Å². The first kappa shape index (κ1) is 8.21. The van der Waals surface area contributed by atoms with Gasteiger partial charge in [-0.3, -0.25) is 4.99 Å². The minimum atomic E-state index is 0.513. The Morgan fingerprint density at radius 3 is 3.00 bits per heavy atom. The molecule has 58 valence electrons. The minimum Gasteiger partial charge on any atom is -0.293 e. The highest BCUT2D eigenvalue weighted by atomic mass is 35.5. The molecule has 1 aromatic rings. The number of rotatable bonds is 2. The minimum absolute atomic E-state index is 0.513. The molecule has 11 heavy (non-hydrogen) atoms. The van der Waals surface area contributed by atoms with Crippen LogP contribution in [0.4, 0.5) is 0 Å². The van der Waals surface area contributed by atoms with Crippen LogP contribution in [0.15, 0.2) is 23.3 Å². The van der Waals surface area contributed by atoms with Crippen molar-refractivity contribution in [2.75, 3.05) is 6.54 Å². The third kappa shape index (κ3) is 2.68. The molecule has 0 aliphatic carbocycles. The molecule has 1 heterocycles. The quantitative estimate of drug-likeness (QED) is 0.491. The molecule has 2 nitrogen and oxygen atoms in total. The maximum Gasteiger partial charge on any atom is 0.129 e. The van der Waals surface area contributed by atoms with E-state index in [2.05, 4.69) is 9.98 Å². The average molecular weight is 169 g/mol. The summed E-state index contributed by atoms with van der Waals surface area (Å²) >= 11 is 5.59. The second kappa shape index (κ2) is 4.09. The number of aromatic nitrogens is 1. The van der Waals surface area contributed by atoms with Crippen LogP contribution in [-0.4, -0.2) is 17.7 Å². The van der Waals surface area contributed by atoms with Gasteiger partial charge in [0.05, 0.1) is 0 Å². The summed E-state index contributed by atoms with van der Waals surface area (Å²) in [4.78, 5) is 7.97. The molecule has 1 aromatic heterocycles. The molecule has 0 atom stereocenters. The Morgan fingerprint density at radius 1 is 1.64 bits per heavy atom. The maximum absolute atomic E-state index is 5.59. The summed E-state index contributed by atoms with van der Waals surface area (Å²) in [5.41, 5.74) is 0.983. The Kier molecular flexibility index (Phi) is 3.05. The molecular formula is C8H9ClN2. The molecule has 1 rings (SSSR count). The van der Waals surface area contributed by atoms with Crippen molar-refractivity contribution in [3.05, 3.63) is 29.0 Å². The van der Waals surface area contributed by atoms with Gasteiger partial charge in [0, 0.05) is 24.5 Å². The van der Waals surface area contributed by atoms with Crippen LogP contribution >= 0.6 is 11.6 Å². The lowest BCUT2D eigenvalue weighted by atomic mass is 10.3. The van der Waals surface area contributed by atoms with Crippen molar-refractivity contribution >= 4 is 17.8 Å². The Balaban J connectivity index is 2.73. The number of aliphatic imine (C=N–C) groups is 1. The molecule has 0 aliphatic heterocycles. The lowest BCUT2D eigenvalue weighted by molar-refractivity contribution is 1.14. The molecule has 0 fully saturated rings. The van der Waals surface area contributed by atoms with E-state index < -0.39 is 0 Å². The molecular weight excluding hydrogens is 160 g/mol. The summed E-state index contributed by atoms with van der Waals surface area (Å²) in [6.07, 6.45) is 3.48. The van der Waals surface area contributed by atoms with Gasteiger partial charge in [0.1, 0.15) is 5.15 Å². The lowest BCUT2D eigenvalue weighted by Crippen LogP contribution is -1.83. The number of pyridine rings is 1. The van der Waals surface area contributed by atoms with Gasteiger partial charge in [-0.15, -0.1) is 0 Å². The Morgan fingerprint density at radius 2 is 2.45 bits per heavy atom. The van der Waals surface area contributed by atoms with Gasteiger partial charge >= 0.3 is 0 Å². The monoisotopic (exact) mass is 168 g/mol. The predicted molar refractivity (Wildman–Crippen MR) is 47.4 cm³/mol. The molecule has 0 aromatic carbocycles. The molecule has 0 amide bonds. The highest BCUT2D eigenvalue weighted by Crippen LogP contribution is 2.02. The molecule has 0 N–H and O–H groups in total. The third-order valence-electron chi connectivity index (χ3n) is 1.17. The Hall–Kier alpha value is -0.890. The van der Waals surface area contributed by atoms with E-state index in [4.69, 9.17) is 11.6 Å². The van der Waals surface area contributed by atoms with Crippen LogP contribution < -0.4 is 0 Å². The van der Waals surface area contributed by atoms with Crippen LogP contribution in [0.3, 0.4) is 0 Å². The lowest BCUT2D eigenvalue weighted by Gasteiger charge is -1.90. The van der Waals surface area contributed by atoms with E-state index in [1.165, 1.54) is 0 Å². The van der Waals surface area contributed by atoms with E-state index in [-0.39, 0.29) is 0 Å². The van der Waals surface area contributed by atoms with Gasteiger partial charge in [0.25, 0.3) is 0 Å². The van der Waals surface area contributed by atoms with Crippen molar-refractivity contribution in [2.45, 2.75) is 6.92 Å². The van der Waals surface area contributed by atoms with Gasteiger partial charge in [-0.05, 0) is 19.1 Å². The number of hydrogen-bond donors (Lipinski definition) is 0. The van der Waals surface area contributed by atoms with Gasteiger partial charge in [0.15, 0.2) is 0 Å². The first-order chi connectivity index (χ1) is 5.33. The van der Waals surface area contributed by atoms with Crippen molar-refractivity contribution in [3.8, 4) is 0 Å². The zero-order valence-corrected chi connectivity index (χ0v) is 7.04. The van der Waals surface area contributed by atoms with Crippen LogP contribution in [0.5, 0.6) is 0 Å². The van der Waals surface area contributed by atoms with E-state index in [0.717, 1.165) is 12.1 Å².